The Labute approximate surface area is 107 Å². The van der Waals surface area contributed by atoms with Crippen LogP contribution in [0.2, 0.25) is 0 Å². The molecule has 0 radical (unpaired) electrons. The van der Waals surface area contributed by atoms with Crippen LogP contribution in [0.3, 0.4) is 0 Å². The van der Waals surface area contributed by atoms with E-state index >= 15 is 0 Å². The number of halogens is 1. The highest BCUT2D eigenvalue weighted by Crippen LogP contribution is 2.25. The van der Waals surface area contributed by atoms with Crippen LogP contribution in [0.25, 0.3) is 0 Å². The van der Waals surface area contributed by atoms with Crippen molar-refractivity contribution in [2.45, 2.75) is 44.5 Å². The molecule has 1 rings (SSSR count). The Kier molecular flexibility index (Phi) is 5.76. The molecule has 16 heavy (non-hydrogen) atoms. The first kappa shape index (κ1) is 14.0. The first-order chi connectivity index (χ1) is 7.56. The molecule has 0 spiro atoms. The van der Waals surface area contributed by atoms with Crippen LogP contribution in [0, 0.1) is 5.92 Å². The molecule has 1 atom stereocenters. The number of amides is 1. The topological polar surface area (TPSA) is 32.3 Å². The third-order valence-electron chi connectivity index (χ3n) is 3.00. The van der Waals surface area contributed by atoms with Gasteiger partial charge in [0.15, 0.2) is 0 Å². The number of nitrogens with one attached hydrogen (secondary N) is 1. The van der Waals surface area contributed by atoms with Gasteiger partial charge in [-0.1, -0.05) is 36.7 Å². The van der Waals surface area contributed by atoms with Gasteiger partial charge < -0.3 is 5.32 Å². The van der Waals surface area contributed by atoms with Crippen molar-refractivity contribution in [3.63, 3.8) is 0 Å². The van der Waals surface area contributed by atoms with Crippen LogP contribution in [0.4, 0.5) is 0 Å². The highest BCUT2D eigenvalue weighted by molar-refractivity contribution is 9.10. The predicted molar refractivity (Wildman–Crippen MR) is 70.8 cm³/mol. The van der Waals surface area contributed by atoms with Gasteiger partial charge in [-0.2, -0.15) is 0 Å². The monoisotopic (exact) mass is 290 g/mol. The molecule has 0 aliphatic heterocycles. The maximum absolute atomic E-state index is 11.7. The Hall–Kier alpha value is -0.0900. The summed E-state index contributed by atoms with van der Waals surface area (Å²) < 4.78 is 0. The number of carbonyl (C=O) groups excluding carboxylic acids is 1. The summed E-state index contributed by atoms with van der Waals surface area (Å²) in [6.45, 7) is 9.09. The van der Waals surface area contributed by atoms with Gasteiger partial charge in [0.2, 0.25) is 5.91 Å². The molecule has 3 nitrogen and oxygen atoms in total. The van der Waals surface area contributed by atoms with E-state index in [0.717, 1.165) is 25.7 Å². The van der Waals surface area contributed by atoms with Crippen molar-refractivity contribution in [3.8, 4) is 0 Å². The van der Waals surface area contributed by atoms with Gasteiger partial charge in [0.1, 0.15) is 0 Å². The van der Waals surface area contributed by atoms with Crippen molar-refractivity contribution < 1.29 is 4.79 Å². The summed E-state index contributed by atoms with van der Waals surface area (Å²) in [6.07, 6.45) is 2.66. The highest BCUT2D eigenvalue weighted by Gasteiger charge is 2.27. The van der Waals surface area contributed by atoms with E-state index in [1.54, 1.807) is 0 Å². The van der Waals surface area contributed by atoms with Crippen molar-refractivity contribution in [1.29, 1.82) is 0 Å². The van der Waals surface area contributed by atoms with E-state index < -0.39 is 0 Å². The van der Waals surface area contributed by atoms with Crippen molar-refractivity contribution in [2.75, 3.05) is 19.6 Å². The summed E-state index contributed by atoms with van der Waals surface area (Å²) >= 11 is 3.41. The molecule has 0 saturated heterocycles. The van der Waals surface area contributed by atoms with Crippen molar-refractivity contribution in [3.05, 3.63) is 0 Å². The zero-order valence-electron chi connectivity index (χ0n) is 10.5. The Morgan fingerprint density at radius 2 is 2.12 bits per heavy atom. The second-order valence-electron chi connectivity index (χ2n) is 4.80. The smallest absolute Gasteiger partial charge is 0.234 e. The summed E-state index contributed by atoms with van der Waals surface area (Å²) in [5, 5.41) is 2.98. The number of rotatable bonds is 7. The van der Waals surface area contributed by atoms with Crippen LogP contribution in [0.15, 0.2) is 0 Å². The summed E-state index contributed by atoms with van der Waals surface area (Å²) in [7, 11) is 0. The van der Waals surface area contributed by atoms with Gasteiger partial charge >= 0.3 is 0 Å². The van der Waals surface area contributed by atoms with Crippen molar-refractivity contribution >= 4 is 21.8 Å². The lowest BCUT2D eigenvalue weighted by atomic mass is 10.1. The van der Waals surface area contributed by atoms with Gasteiger partial charge in [-0.15, -0.1) is 0 Å². The molecule has 0 aromatic heterocycles. The normalized spacial score (nSPS) is 17.9. The van der Waals surface area contributed by atoms with Gasteiger partial charge in [0.05, 0.1) is 4.83 Å². The van der Waals surface area contributed by atoms with Gasteiger partial charge in [0.25, 0.3) is 0 Å². The van der Waals surface area contributed by atoms with E-state index in [0.29, 0.717) is 5.92 Å². The van der Waals surface area contributed by atoms with E-state index in [-0.39, 0.29) is 10.7 Å². The van der Waals surface area contributed by atoms with Crippen molar-refractivity contribution in [2.24, 2.45) is 5.92 Å². The fourth-order valence-corrected chi connectivity index (χ4v) is 1.92. The standard InChI is InChI=1S/C12H23BrN2O/c1-4-15(10-5-6-10)8-7-14-12(16)11(13)9(2)3/h9-11H,4-8H2,1-3H3,(H,14,16). The molecule has 1 fully saturated rings. The lowest BCUT2D eigenvalue weighted by Crippen LogP contribution is -2.40. The van der Waals surface area contributed by atoms with E-state index in [4.69, 9.17) is 0 Å². The molecular formula is C12H23BrN2O. The maximum Gasteiger partial charge on any atom is 0.234 e. The number of nitrogens with zero attached hydrogens (tertiary/aromatic N) is 1. The zero-order chi connectivity index (χ0) is 12.1. The zero-order valence-corrected chi connectivity index (χ0v) is 12.1. The first-order valence-electron chi connectivity index (χ1n) is 6.22. The fraction of sp³-hybridized carbons (Fsp3) is 0.917. The summed E-state index contributed by atoms with van der Waals surface area (Å²) in [5.74, 6) is 0.451. The molecule has 0 aromatic rings. The molecule has 4 heteroatoms. The Balaban J connectivity index is 2.16. The third-order valence-corrected chi connectivity index (χ3v) is 4.48. The van der Waals surface area contributed by atoms with Gasteiger partial charge in [-0.25, -0.2) is 0 Å². The maximum atomic E-state index is 11.7. The van der Waals surface area contributed by atoms with E-state index in [1.165, 1.54) is 12.8 Å². The second kappa shape index (κ2) is 6.60. The number of hydrogen-bond acceptors (Lipinski definition) is 2. The number of hydrogen-bond donors (Lipinski definition) is 1. The highest BCUT2D eigenvalue weighted by atomic mass is 79.9. The van der Waals surface area contributed by atoms with Crippen LogP contribution in [0.5, 0.6) is 0 Å². The fourth-order valence-electron chi connectivity index (χ4n) is 1.76. The molecule has 94 valence electrons. The number of alkyl halides is 1. The summed E-state index contributed by atoms with van der Waals surface area (Å²) in [6, 6.07) is 0.784. The van der Waals surface area contributed by atoms with Crippen LogP contribution in [0.1, 0.15) is 33.6 Å². The van der Waals surface area contributed by atoms with Crippen LogP contribution < -0.4 is 5.32 Å². The molecule has 1 amide bonds. The summed E-state index contributed by atoms with van der Waals surface area (Å²) in [5.41, 5.74) is 0. The minimum Gasteiger partial charge on any atom is -0.354 e. The Morgan fingerprint density at radius 3 is 2.56 bits per heavy atom. The molecule has 0 bridgehead atoms. The lowest BCUT2D eigenvalue weighted by molar-refractivity contribution is -0.121. The average Bonchev–Trinajstić information content (AvgIpc) is 3.06. The molecule has 1 aliphatic carbocycles. The minimum atomic E-state index is -0.0662. The largest absolute Gasteiger partial charge is 0.354 e. The predicted octanol–water partition coefficient (Wildman–Crippen LogP) is 2.01. The Bertz CT molecular complexity index is 229. The van der Waals surface area contributed by atoms with Crippen molar-refractivity contribution in [1.82, 2.24) is 10.2 Å². The number of carbonyl (C=O) groups is 1. The third kappa shape index (κ3) is 4.42. The molecule has 1 saturated carbocycles. The average molecular weight is 291 g/mol. The SMILES string of the molecule is CCN(CCNC(=O)C(Br)C(C)C)C1CC1. The van der Waals surface area contributed by atoms with Gasteiger partial charge in [-0.3, -0.25) is 9.69 Å². The van der Waals surface area contributed by atoms with E-state index in [9.17, 15) is 4.79 Å². The van der Waals surface area contributed by atoms with Crippen LogP contribution >= 0.6 is 15.9 Å². The molecule has 1 N–H and O–H groups in total. The molecule has 0 aromatic carbocycles. The summed E-state index contributed by atoms with van der Waals surface area (Å²) in [4.78, 5) is 14.0. The quantitative estimate of drug-likeness (QED) is 0.728. The van der Waals surface area contributed by atoms with Crippen LogP contribution in [-0.2, 0) is 4.79 Å². The van der Waals surface area contributed by atoms with E-state index in [1.807, 2.05) is 13.8 Å². The van der Waals surface area contributed by atoms with Gasteiger partial charge in [0, 0.05) is 19.1 Å². The molecule has 1 unspecified atom stereocenters. The van der Waals surface area contributed by atoms with Crippen LogP contribution in [-0.4, -0.2) is 41.3 Å². The number of likely N-dealkylation sites (N-methyl/N-ethyl adjacent to an activating group) is 1. The van der Waals surface area contributed by atoms with Gasteiger partial charge in [-0.05, 0) is 25.3 Å². The first-order valence-corrected chi connectivity index (χ1v) is 7.13. The van der Waals surface area contributed by atoms with E-state index in [2.05, 4.69) is 33.1 Å². The Morgan fingerprint density at radius 1 is 1.50 bits per heavy atom. The molecular weight excluding hydrogens is 268 g/mol. The molecule has 0 heterocycles. The lowest BCUT2D eigenvalue weighted by Gasteiger charge is -2.20. The minimum absolute atomic E-state index is 0.0662. The second-order valence-corrected chi connectivity index (χ2v) is 5.78. The molecule has 1 aliphatic rings.